The molecule has 1 aliphatic heterocycles. The summed E-state index contributed by atoms with van der Waals surface area (Å²) in [5, 5.41) is 2.47. The van der Waals surface area contributed by atoms with Crippen molar-refractivity contribution >= 4 is 21.8 Å². The van der Waals surface area contributed by atoms with Gasteiger partial charge in [0.15, 0.2) is 0 Å². The summed E-state index contributed by atoms with van der Waals surface area (Å²) in [7, 11) is 0. The van der Waals surface area contributed by atoms with Gasteiger partial charge < -0.3 is 9.30 Å². The van der Waals surface area contributed by atoms with Crippen LogP contribution in [0.3, 0.4) is 0 Å². The van der Waals surface area contributed by atoms with Crippen LogP contribution in [0.4, 0.5) is 0 Å². The third-order valence-electron chi connectivity index (χ3n) is 4.72. The summed E-state index contributed by atoms with van der Waals surface area (Å²) in [4.78, 5) is 11.5. The Bertz CT molecular complexity index is 849. The van der Waals surface area contributed by atoms with Crippen molar-refractivity contribution < 1.29 is 4.74 Å². The molecule has 0 saturated carbocycles. The van der Waals surface area contributed by atoms with Gasteiger partial charge in [-0.25, -0.2) is 0 Å². The van der Waals surface area contributed by atoms with Crippen molar-refractivity contribution in [1.82, 2.24) is 19.4 Å². The van der Waals surface area contributed by atoms with Gasteiger partial charge in [0.25, 0.3) is 0 Å². The number of pyridine rings is 2. The molecule has 0 amide bonds. The highest BCUT2D eigenvalue weighted by molar-refractivity contribution is 6.08. The fourth-order valence-electron chi connectivity index (χ4n) is 3.51. The first-order chi connectivity index (χ1) is 11.2. The third-order valence-corrected chi connectivity index (χ3v) is 4.72. The molecule has 0 radical (unpaired) electrons. The highest BCUT2D eigenvalue weighted by Crippen LogP contribution is 2.30. The van der Waals surface area contributed by atoms with Crippen LogP contribution in [-0.4, -0.2) is 52.3 Å². The molecule has 5 heteroatoms. The molecule has 0 aliphatic carbocycles. The molecule has 0 unspecified atom stereocenters. The van der Waals surface area contributed by atoms with Crippen LogP contribution >= 0.6 is 0 Å². The molecular weight excluding hydrogens is 288 g/mol. The summed E-state index contributed by atoms with van der Waals surface area (Å²) in [6.07, 6.45) is 3.89. The van der Waals surface area contributed by atoms with Crippen molar-refractivity contribution in [1.29, 1.82) is 0 Å². The SMILES string of the molecule is Cc1cc2c(cn1)c1ccnc(C)c1n2CCN1CCOCC1. The minimum Gasteiger partial charge on any atom is -0.379 e. The lowest BCUT2D eigenvalue weighted by atomic mass is 10.2. The van der Waals surface area contributed by atoms with Crippen LogP contribution in [0.25, 0.3) is 21.8 Å². The molecule has 0 aromatic carbocycles. The molecule has 3 aromatic rings. The summed E-state index contributed by atoms with van der Waals surface area (Å²) in [5.74, 6) is 0. The second kappa shape index (κ2) is 5.91. The van der Waals surface area contributed by atoms with Gasteiger partial charge in [-0.05, 0) is 26.0 Å². The maximum absolute atomic E-state index is 5.45. The van der Waals surface area contributed by atoms with Gasteiger partial charge in [-0.1, -0.05) is 0 Å². The molecular formula is C18H22N4O. The summed E-state index contributed by atoms with van der Waals surface area (Å²) in [6.45, 7) is 9.88. The third kappa shape index (κ3) is 2.60. The summed E-state index contributed by atoms with van der Waals surface area (Å²) < 4.78 is 7.86. The Morgan fingerprint density at radius 2 is 1.91 bits per heavy atom. The lowest BCUT2D eigenvalue weighted by Gasteiger charge is -2.27. The Labute approximate surface area is 135 Å². The zero-order chi connectivity index (χ0) is 15.8. The number of fused-ring (bicyclic) bond motifs is 3. The predicted octanol–water partition coefficient (Wildman–Crippen LogP) is 2.53. The number of ether oxygens (including phenoxy) is 1. The number of aryl methyl sites for hydroxylation is 2. The topological polar surface area (TPSA) is 43.2 Å². The quantitative estimate of drug-likeness (QED) is 0.745. The van der Waals surface area contributed by atoms with E-state index in [0.29, 0.717) is 0 Å². The van der Waals surface area contributed by atoms with Crippen LogP contribution in [-0.2, 0) is 11.3 Å². The monoisotopic (exact) mass is 310 g/mol. The van der Waals surface area contributed by atoms with E-state index in [1.807, 2.05) is 12.4 Å². The Balaban J connectivity index is 1.79. The highest BCUT2D eigenvalue weighted by atomic mass is 16.5. The van der Waals surface area contributed by atoms with Gasteiger partial charge in [0.05, 0.1) is 29.9 Å². The van der Waals surface area contributed by atoms with Crippen molar-refractivity contribution in [2.24, 2.45) is 0 Å². The van der Waals surface area contributed by atoms with E-state index >= 15 is 0 Å². The highest BCUT2D eigenvalue weighted by Gasteiger charge is 2.15. The second-order valence-corrected chi connectivity index (χ2v) is 6.24. The molecule has 4 heterocycles. The van der Waals surface area contributed by atoms with Crippen LogP contribution < -0.4 is 0 Å². The van der Waals surface area contributed by atoms with Gasteiger partial charge >= 0.3 is 0 Å². The molecule has 120 valence electrons. The van der Waals surface area contributed by atoms with Crippen molar-refractivity contribution in [2.75, 3.05) is 32.8 Å². The average molecular weight is 310 g/mol. The zero-order valence-corrected chi connectivity index (χ0v) is 13.7. The van der Waals surface area contributed by atoms with Gasteiger partial charge in [-0.15, -0.1) is 0 Å². The predicted molar refractivity (Wildman–Crippen MR) is 91.8 cm³/mol. The zero-order valence-electron chi connectivity index (χ0n) is 13.7. The fourth-order valence-corrected chi connectivity index (χ4v) is 3.51. The Morgan fingerprint density at radius 3 is 2.74 bits per heavy atom. The van der Waals surface area contributed by atoms with E-state index in [0.717, 1.165) is 50.8 Å². The first-order valence-corrected chi connectivity index (χ1v) is 8.24. The van der Waals surface area contributed by atoms with Crippen molar-refractivity contribution in [2.45, 2.75) is 20.4 Å². The number of aromatic nitrogens is 3. The van der Waals surface area contributed by atoms with E-state index < -0.39 is 0 Å². The largest absolute Gasteiger partial charge is 0.379 e. The molecule has 0 bridgehead atoms. The molecule has 4 rings (SSSR count). The van der Waals surface area contributed by atoms with Gasteiger partial charge in [-0.2, -0.15) is 0 Å². The molecule has 1 fully saturated rings. The lowest BCUT2D eigenvalue weighted by molar-refractivity contribution is 0.0366. The van der Waals surface area contributed by atoms with Gasteiger partial charge in [0, 0.05) is 55.0 Å². The van der Waals surface area contributed by atoms with Gasteiger partial charge in [0.2, 0.25) is 0 Å². The van der Waals surface area contributed by atoms with Crippen molar-refractivity contribution in [3.8, 4) is 0 Å². The van der Waals surface area contributed by atoms with Crippen LogP contribution in [0.2, 0.25) is 0 Å². The standard InChI is InChI=1S/C18H22N4O/c1-13-11-17-16(12-20-13)15-3-4-19-14(2)18(15)22(17)6-5-21-7-9-23-10-8-21/h3-4,11-12H,5-10H2,1-2H3. The fraction of sp³-hybridized carbons (Fsp3) is 0.444. The van der Waals surface area contributed by atoms with Gasteiger partial charge in [-0.3, -0.25) is 14.9 Å². The first kappa shape index (κ1) is 14.6. The average Bonchev–Trinajstić information content (AvgIpc) is 2.88. The minimum absolute atomic E-state index is 0.844. The molecule has 1 aliphatic rings. The second-order valence-electron chi connectivity index (χ2n) is 6.24. The Morgan fingerprint density at radius 1 is 1.09 bits per heavy atom. The summed E-state index contributed by atoms with van der Waals surface area (Å²) in [5.41, 5.74) is 4.64. The summed E-state index contributed by atoms with van der Waals surface area (Å²) >= 11 is 0. The van der Waals surface area contributed by atoms with E-state index in [2.05, 4.69) is 45.4 Å². The number of morpholine rings is 1. The number of rotatable bonds is 3. The molecule has 23 heavy (non-hydrogen) atoms. The van der Waals surface area contributed by atoms with E-state index in [1.165, 1.54) is 21.8 Å². The van der Waals surface area contributed by atoms with E-state index in [9.17, 15) is 0 Å². The van der Waals surface area contributed by atoms with Crippen LogP contribution in [0.15, 0.2) is 24.5 Å². The number of hydrogen-bond acceptors (Lipinski definition) is 4. The Hall–Kier alpha value is -1.98. The smallest absolute Gasteiger partial charge is 0.0708 e. The van der Waals surface area contributed by atoms with E-state index in [-0.39, 0.29) is 0 Å². The number of nitrogens with zero attached hydrogens (tertiary/aromatic N) is 4. The van der Waals surface area contributed by atoms with Crippen LogP contribution in [0.1, 0.15) is 11.4 Å². The minimum atomic E-state index is 0.844. The molecule has 0 N–H and O–H groups in total. The van der Waals surface area contributed by atoms with E-state index in [4.69, 9.17) is 4.74 Å². The van der Waals surface area contributed by atoms with Gasteiger partial charge in [0.1, 0.15) is 0 Å². The number of hydrogen-bond donors (Lipinski definition) is 0. The molecule has 5 nitrogen and oxygen atoms in total. The molecule has 0 atom stereocenters. The maximum atomic E-state index is 5.45. The van der Waals surface area contributed by atoms with E-state index in [1.54, 1.807) is 0 Å². The maximum Gasteiger partial charge on any atom is 0.0708 e. The molecule has 3 aromatic heterocycles. The van der Waals surface area contributed by atoms with Crippen LogP contribution in [0, 0.1) is 13.8 Å². The summed E-state index contributed by atoms with van der Waals surface area (Å²) in [6, 6.07) is 4.29. The Kier molecular flexibility index (Phi) is 3.75. The normalized spacial score (nSPS) is 16.4. The molecule has 1 saturated heterocycles. The first-order valence-electron chi connectivity index (χ1n) is 8.24. The molecule has 0 spiro atoms. The van der Waals surface area contributed by atoms with Crippen molar-refractivity contribution in [3.05, 3.63) is 35.9 Å². The van der Waals surface area contributed by atoms with Crippen molar-refractivity contribution in [3.63, 3.8) is 0 Å². The lowest BCUT2D eigenvalue weighted by Crippen LogP contribution is -2.38. The van der Waals surface area contributed by atoms with Crippen LogP contribution in [0.5, 0.6) is 0 Å².